The lowest BCUT2D eigenvalue weighted by Crippen LogP contribution is -2.30. The van der Waals surface area contributed by atoms with Crippen LogP contribution >= 0.6 is 11.6 Å². The van der Waals surface area contributed by atoms with Gasteiger partial charge < -0.3 is 20.5 Å². The first-order valence-corrected chi connectivity index (χ1v) is 8.16. The van der Waals surface area contributed by atoms with Gasteiger partial charge in [-0.1, -0.05) is 35.9 Å². The van der Waals surface area contributed by atoms with Crippen molar-refractivity contribution in [2.45, 2.75) is 20.0 Å². The molecule has 0 fully saturated rings. The van der Waals surface area contributed by atoms with E-state index >= 15 is 0 Å². The van der Waals surface area contributed by atoms with Gasteiger partial charge in [0.1, 0.15) is 5.75 Å². The largest absolute Gasteiger partial charge is 0.492 e. The second-order valence-electron chi connectivity index (χ2n) is 5.18. The molecule has 3 N–H and O–H groups in total. The summed E-state index contributed by atoms with van der Waals surface area (Å²) in [4.78, 5) is 11.9. The molecule has 0 spiro atoms. The first kappa shape index (κ1) is 18.1. The van der Waals surface area contributed by atoms with Crippen molar-refractivity contribution in [2.24, 2.45) is 0 Å². The maximum Gasteiger partial charge on any atom is 0.319 e. The van der Waals surface area contributed by atoms with Crippen molar-refractivity contribution in [3.63, 3.8) is 0 Å². The molecule has 2 rings (SSSR count). The summed E-state index contributed by atoms with van der Waals surface area (Å²) in [6, 6.07) is 12.5. The standard InChI is InChI=1S/C18H21ClN2O3/c1-2-24-17-8-7-15(11-16(17)19)21-18(23)20-10-9-13-3-5-14(12-22)6-4-13/h3-8,11,22H,2,9-10,12H2,1H3,(H2,20,21,23). The summed E-state index contributed by atoms with van der Waals surface area (Å²) < 4.78 is 5.35. The lowest BCUT2D eigenvalue weighted by Gasteiger charge is -2.10. The molecule has 0 atom stereocenters. The zero-order valence-electron chi connectivity index (χ0n) is 13.5. The molecule has 0 aromatic heterocycles. The van der Waals surface area contributed by atoms with E-state index in [1.54, 1.807) is 18.2 Å². The summed E-state index contributed by atoms with van der Waals surface area (Å²) in [5, 5.41) is 15.0. The van der Waals surface area contributed by atoms with Crippen LogP contribution in [-0.2, 0) is 13.0 Å². The molecular formula is C18H21ClN2O3. The van der Waals surface area contributed by atoms with Gasteiger partial charge in [-0.15, -0.1) is 0 Å². The Bertz CT molecular complexity index is 674. The van der Waals surface area contributed by atoms with Crippen LogP contribution in [0, 0.1) is 0 Å². The Morgan fingerprint density at radius 2 is 1.88 bits per heavy atom. The third-order valence-corrected chi connectivity index (χ3v) is 3.69. The summed E-state index contributed by atoms with van der Waals surface area (Å²) in [7, 11) is 0. The number of nitrogens with one attached hydrogen (secondary N) is 2. The smallest absolute Gasteiger partial charge is 0.319 e. The molecular weight excluding hydrogens is 328 g/mol. The third kappa shape index (κ3) is 5.44. The number of urea groups is 1. The number of aliphatic hydroxyl groups excluding tert-OH is 1. The minimum Gasteiger partial charge on any atom is -0.492 e. The Morgan fingerprint density at radius 1 is 1.17 bits per heavy atom. The number of amides is 2. The number of hydrogen-bond donors (Lipinski definition) is 3. The SMILES string of the molecule is CCOc1ccc(NC(=O)NCCc2ccc(CO)cc2)cc1Cl. The van der Waals surface area contributed by atoms with Crippen LogP contribution in [0.1, 0.15) is 18.1 Å². The topological polar surface area (TPSA) is 70.6 Å². The van der Waals surface area contributed by atoms with Crippen LogP contribution in [0.4, 0.5) is 10.5 Å². The molecule has 0 saturated heterocycles. The van der Waals surface area contributed by atoms with Gasteiger partial charge in [-0.05, 0) is 42.7 Å². The van der Waals surface area contributed by atoms with E-state index in [0.29, 0.717) is 36.0 Å². The molecule has 0 bridgehead atoms. The van der Waals surface area contributed by atoms with Crippen molar-refractivity contribution in [1.82, 2.24) is 5.32 Å². The van der Waals surface area contributed by atoms with E-state index in [4.69, 9.17) is 21.4 Å². The zero-order chi connectivity index (χ0) is 17.4. The van der Waals surface area contributed by atoms with E-state index < -0.39 is 0 Å². The highest BCUT2D eigenvalue weighted by atomic mass is 35.5. The maximum atomic E-state index is 11.9. The van der Waals surface area contributed by atoms with Gasteiger partial charge in [0.05, 0.1) is 18.2 Å². The third-order valence-electron chi connectivity index (χ3n) is 3.39. The van der Waals surface area contributed by atoms with Gasteiger partial charge in [0.2, 0.25) is 0 Å². The molecule has 2 amide bonds. The summed E-state index contributed by atoms with van der Waals surface area (Å²) >= 11 is 6.09. The molecule has 0 saturated carbocycles. The van der Waals surface area contributed by atoms with Crippen LogP contribution in [0.2, 0.25) is 5.02 Å². The Balaban J connectivity index is 1.79. The molecule has 2 aromatic rings. The average Bonchev–Trinajstić information content (AvgIpc) is 2.58. The van der Waals surface area contributed by atoms with E-state index in [0.717, 1.165) is 11.1 Å². The van der Waals surface area contributed by atoms with Gasteiger partial charge in [0.15, 0.2) is 0 Å². The number of aliphatic hydroxyl groups is 1. The van der Waals surface area contributed by atoms with E-state index in [9.17, 15) is 4.79 Å². The second kappa shape index (κ2) is 9.15. The van der Waals surface area contributed by atoms with Crippen molar-refractivity contribution >= 4 is 23.3 Å². The zero-order valence-corrected chi connectivity index (χ0v) is 14.3. The fraction of sp³-hybridized carbons (Fsp3) is 0.278. The number of anilines is 1. The van der Waals surface area contributed by atoms with Crippen LogP contribution in [-0.4, -0.2) is 24.3 Å². The minimum atomic E-state index is -0.290. The first-order valence-electron chi connectivity index (χ1n) is 7.78. The molecule has 0 radical (unpaired) electrons. The van der Waals surface area contributed by atoms with E-state index in [1.807, 2.05) is 31.2 Å². The van der Waals surface area contributed by atoms with Crippen LogP contribution < -0.4 is 15.4 Å². The fourth-order valence-corrected chi connectivity index (χ4v) is 2.39. The van der Waals surface area contributed by atoms with Crippen molar-refractivity contribution in [3.05, 3.63) is 58.6 Å². The highest BCUT2D eigenvalue weighted by Gasteiger charge is 2.05. The Morgan fingerprint density at radius 3 is 2.50 bits per heavy atom. The molecule has 2 aromatic carbocycles. The van der Waals surface area contributed by atoms with Crippen molar-refractivity contribution < 1.29 is 14.6 Å². The van der Waals surface area contributed by atoms with Crippen LogP contribution in [0.15, 0.2) is 42.5 Å². The summed E-state index contributed by atoms with van der Waals surface area (Å²) in [6.45, 7) is 2.96. The number of ether oxygens (including phenoxy) is 1. The van der Waals surface area contributed by atoms with Crippen molar-refractivity contribution in [3.8, 4) is 5.75 Å². The van der Waals surface area contributed by atoms with E-state index in [-0.39, 0.29) is 12.6 Å². The lowest BCUT2D eigenvalue weighted by molar-refractivity contribution is 0.252. The molecule has 6 heteroatoms. The molecule has 0 unspecified atom stereocenters. The lowest BCUT2D eigenvalue weighted by atomic mass is 10.1. The van der Waals surface area contributed by atoms with Gasteiger partial charge in [0.25, 0.3) is 0 Å². The number of hydrogen-bond acceptors (Lipinski definition) is 3. The predicted molar refractivity (Wildman–Crippen MR) is 95.7 cm³/mol. The van der Waals surface area contributed by atoms with Gasteiger partial charge in [-0.25, -0.2) is 4.79 Å². The number of carbonyl (C=O) groups is 1. The monoisotopic (exact) mass is 348 g/mol. The van der Waals surface area contributed by atoms with Gasteiger partial charge in [-0.3, -0.25) is 0 Å². The molecule has 5 nitrogen and oxygen atoms in total. The first-order chi connectivity index (χ1) is 11.6. The maximum absolute atomic E-state index is 11.9. The minimum absolute atomic E-state index is 0.0333. The molecule has 24 heavy (non-hydrogen) atoms. The summed E-state index contributed by atoms with van der Waals surface area (Å²) in [6.07, 6.45) is 0.711. The molecule has 0 aliphatic carbocycles. The molecule has 0 heterocycles. The fourth-order valence-electron chi connectivity index (χ4n) is 2.16. The van der Waals surface area contributed by atoms with Crippen LogP contribution in [0.3, 0.4) is 0 Å². The Hall–Kier alpha value is -2.24. The van der Waals surface area contributed by atoms with Crippen LogP contribution in [0.5, 0.6) is 5.75 Å². The molecule has 0 aliphatic heterocycles. The number of rotatable bonds is 7. The van der Waals surface area contributed by atoms with Crippen molar-refractivity contribution in [1.29, 1.82) is 0 Å². The normalized spacial score (nSPS) is 10.3. The summed E-state index contributed by atoms with van der Waals surface area (Å²) in [5.74, 6) is 0.594. The Labute approximate surface area is 146 Å². The highest BCUT2D eigenvalue weighted by Crippen LogP contribution is 2.27. The Kier molecular flexibility index (Phi) is 6.90. The number of carbonyl (C=O) groups excluding carboxylic acids is 1. The van der Waals surface area contributed by atoms with Crippen LogP contribution in [0.25, 0.3) is 0 Å². The van der Waals surface area contributed by atoms with Gasteiger partial charge >= 0.3 is 6.03 Å². The second-order valence-corrected chi connectivity index (χ2v) is 5.59. The van der Waals surface area contributed by atoms with E-state index in [2.05, 4.69) is 10.6 Å². The van der Waals surface area contributed by atoms with Crippen molar-refractivity contribution in [2.75, 3.05) is 18.5 Å². The quantitative estimate of drug-likeness (QED) is 0.716. The molecule has 128 valence electrons. The summed E-state index contributed by atoms with van der Waals surface area (Å²) in [5.41, 5.74) is 2.57. The van der Waals surface area contributed by atoms with E-state index in [1.165, 1.54) is 0 Å². The molecule has 0 aliphatic rings. The van der Waals surface area contributed by atoms with Gasteiger partial charge in [-0.2, -0.15) is 0 Å². The number of benzene rings is 2. The average molecular weight is 349 g/mol. The highest BCUT2D eigenvalue weighted by molar-refractivity contribution is 6.32. The van der Waals surface area contributed by atoms with Gasteiger partial charge in [0, 0.05) is 12.2 Å². The predicted octanol–water partition coefficient (Wildman–Crippen LogP) is 3.60. The number of halogens is 1.